The van der Waals surface area contributed by atoms with Crippen LogP contribution in [0.1, 0.15) is 11.1 Å². The third-order valence-electron chi connectivity index (χ3n) is 9.23. The third kappa shape index (κ3) is 4.79. The summed E-state index contributed by atoms with van der Waals surface area (Å²) in [6, 6.07) is 60.6. The number of aliphatic imine (C=N–C) groups is 1. The minimum atomic E-state index is 0.185. The van der Waals surface area contributed by atoms with E-state index in [0.29, 0.717) is 5.84 Å². The van der Waals surface area contributed by atoms with Crippen LogP contribution in [0.25, 0.3) is 60.4 Å². The van der Waals surface area contributed by atoms with Gasteiger partial charge in [0.15, 0.2) is 11.7 Å². The quantitative estimate of drug-likeness (QED) is 0.144. The van der Waals surface area contributed by atoms with Gasteiger partial charge in [-0.2, -0.15) is 0 Å². The van der Waals surface area contributed by atoms with Crippen LogP contribution in [0.5, 0.6) is 0 Å². The Balaban J connectivity index is 1.34. The van der Waals surface area contributed by atoms with Gasteiger partial charge < -0.3 is 4.57 Å². The van der Waals surface area contributed by atoms with Crippen LogP contribution in [0.3, 0.4) is 0 Å². The van der Waals surface area contributed by atoms with Crippen molar-refractivity contribution in [3.05, 3.63) is 187 Å². The van der Waals surface area contributed by atoms with Gasteiger partial charge >= 0.3 is 0 Å². The Bertz CT molecular complexity index is 2680. The molecule has 2 N–H and O–H groups in total. The lowest BCUT2D eigenvalue weighted by atomic mass is 9.99. The van der Waals surface area contributed by atoms with Crippen molar-refractivity contribution in [1.29, 1.82) is 5.41 Å². The summed E-state index contributed by atoms with van der Waals surface area (Å²) in [4.78, 5) is 4.90. The SMILES string of the molecule is N=C(/N=C(\Nn1c2ccccc2c2cccc(-c3cccc4c5ccccc5n(-c5ccccc5)c34)c21)c1ccccc1)c1ccccc1. The van der Waals surface area contributed by atoms with Crippen LogP contribution in [0.4, 0.5) is 0 Å². The van der Waals surface area contributed by atoms with Crippen molar-refractivity contribution in [3.8, 4) is 16.8 Å². The first-order chi connectivity index (χ1) is 24.3. The van der Waals surface area contributed by atoms with Crippen molar-refractivity contribution in [1.82, 2.24) is 9.24 Å². The second kappa shape index (κ2) is 11.8. The van der Waals surface area contributed by atoms with E-state index in [4.69, 9.17) is 10.4 Å². The third-order valence-corrected chi connectivity index (χ3v) is 9.23. The Kier molecular flexibility index (Phi) is 6.87. The maximum absolute atomic E-state index is 8.95. The van der Waals surface area contributed by atoms with Crippen LogP contribution in [0.2, 0.25) is 0 Å². The van der Waals surface area contributed by atoms with Crippen LogP contribution in [-0.4, -0.2) is 20.9 Å². The second-order valence-corrected chi connectivity index (χ2v) is 12.1. The molecule has 0 unspecified atom stereocenters. The predicted octanol–water partition coefficient (Wildman–Crippen LogP) is 10.6. The molecule has 0 radical (unpaired) electrons. The van der Waals surface area contributed by atoms with Crippen LogP contribution in [0.15, 0.2) is 181 Å². The summed E-state index contributed by atoms with van der Waals surface area (Å²) < 4.78 is 4.54. The number of nitrogens with zero attached hydrogens (tertiary/aromatic N) is 3. The van der Waals surface area contributed by atoms with Crippen molar-refractivity contribution in [2.75, 3.05) is 5.43 Å². The number of hydrogen-bond acceptors (Lipinski definition) is 1. The zero-order valence-corrected chi connectivity index (χ0v) is 26.6. The Morgan fingerprint density at radius 2 is 0.939 bits per heavy atom. The molecule has 0 aliphatic rings. The van der Waals surface area contributed by atoms with Gasteiger partial charge in [-0.05, 0) is 24.3 Å². The summed E-state index contributed by atoms with van der Waals surface area (Å²) in [5.74, 6) is 0.772. The standard InChI is InChI=1S/C44H31N5/c45-43(30-16-4-1-5-17-30)46-44(31-18-6-2-7-19-31)47-49-40-29-13-11-23-34(40)36-25-15-27-38(42(36)49)37-26-14-24-35-33-22-10-12-28-39(33)48(41(35)37)32-20-8-3-9-21-32/h1-29H,(H2,45,46,47). The first-order valence-corrected chi connectivity index (χ1v) is 16.4. The number of amidine groups is 2. The summed E-state index contributed by atoms with van der Waals surface area (Å²) in [6.07, 6.45) is 0. The molecule has 0 aliphatic carbocycles. The predicted molar refractivity (Wildman–Crippen MR) is 205 cm³/mol. The topological polar surface area (TPSA) is 58.1 Å². The van der Waals surface area contributed by atoms with E-state index in [2.05, 4.69) is 130 Å². The summed E-state index contributed by atoms with van der Waals surface area (Å²) in [7, 11) is 0. The smallest absolute Gasteiger partial charge is 0.154 e. The summed E-state index contributed by atoms with van der Waals surface area (Å²) in [5.41, 5.74) is 13.1. The van der Waals surface area contributed by atoms with Crippen molar-refractivity contribution in [2.24, 2.45) is 4.99 Å². The zero-order chi connectivity index (χ0) is 32.7. The van der Waals surface area contributed by atoms with Crippen molar-refractivity contribution < 1.29 is 0 Å². The highest BCUT2D eigenvalue weighted by molar-refractivity contribution is 6.20. The van der Waals surface area contributed by atoms with Crippen LogP contribution in [0, 0.1) is 5.41 Å². The number of benzene rings is 7. The van der Waals surface area contributed by atoms with E-state index in [1.54, 1.807) is 0 Å². The minimum absolute atomic E-state index is 0.185. The maximum atomic E-state index is 8.95. The van der Waals surface area contributed by atoms with E-state index in [0.717, 1.165) is 55.3 Å². The lowest BCUT2D eigenvalue weighted by molar-refractivity contribution is 1.08. The van der Waals surface area contributed by atoms with E-state index < -0.39 is 0 Å². The maximum Gasteiger partial charge on any atom is 0.154 e. The van der Waals surface area contributed by atoms with Gasteiger partial charge in [0.2, 0.25) is 0 Å². The molecule has 9 aromatic rings. The van der Waals surface area contributed by atoms with Gasteiger partial charge in [0.05, 0.1) is 22.1 Å². The summed E-state index contributed by atoms with van der Waals surface area (Å²) in [6.45, 7) is 0. The van der Waals surface area contributed by atoms with Gasteiger partial charge in [0, 0.05) is 49.5 Å². The number of nitrogens with one attached hydrogen (secondary N) is 2. The summed E-state index contributed by atoms with van der Waals surface area (Å²) in [5, 5.41) is 13.6. The molecule has 0 amide bonds. The molecule has 0 atom stereocenters. The highest BCUT2D eigenvalue weighted by atomic mass is 15.4. The number of para-hydroxylation sites is 5. The summed E-state index contributed by atoms with van der Waals surface area (Å²) >= 11 is 0. The highest BCUT2D eigenvalue weighted by Crippen LogP contribution is 2.42. The molecule has 9 rings (SSSR count). The molecular weight excluding hydrogens is 599 g/mol. The van der Waals surface area contributed by atoms with Gasteiger partial charge in [0.25, 0.3) is 0 Å². The molecule has 0 fully saturated rings. The average Bonchev–Trinajstić information content (AvgIpc) is 3.68. The van der Waals surface area contributed by atoms with E-state index >= 15 is 0 Å². The Morgan fingerprint density at radius 3 is 1.61 bits per heavy atom. The van der Waals surface area contributed by atoms with E-state index in [1.165, 1.54) is 16.3 Å². The molecule has 0 saturated carbocycles. The second-order valence-electron chi connectivity index (χ2n) is 12.1. The van der Waals surface area contributed by atoms with Gasteiger partial charge in [0.1, 0.15) is 0 Å². The van der Waals surface area contributed by atoms with Gasteiger partial charge in [-0.3, -0.25) is 15.5 Å². The Hall–Kier alpha value is -6.72. The number of rotatable bonds is 5. The van der Waals surface area contributed by atoms with Gasteiger partial charge in [-0.25, -0.2) is 4.99 Å². The van der Waals surface area contributed by atoms with Crippen molar-refractivity contribution in [3.63, 3.8) is 0 Å². The normalized spacial score (nSPS) is 11.9. The minimum Gasteiger partial charge on any atom is -0.309 e. The van der Waals surface area contributed by atoms with Crippen LogP contribution in [-0.2, 0) is 0 Å². The van der Waals surface area contributed by atoms with E-state index in [1.807, 2.05) is 60.7 Å². The molecule has 7 aromatic carbocycles. The fraction of sp³-hybridized carbons (Fsp3) is 0. The van der Waals surface area contributed by atoms with Crippen molar-refractivity contribution in [2.45, 2.75) is 0 Å². The Morgan fingerprint density at radius 1 is 0.449 bits per heavy atom. The molecule has 0 aliphatic heterocycles. The first-order valence-electron chi connectivity index (χ1n) is 16.4. The van der Waals surface area contributed by atoms with Crippen molar-refractivity contribution >= 4 is 55.3 Å². The lowest BCUT2D eigenvalue weighted by Crippen LogP contribution is -2.25. The molecule has 232 valence electrons. The fourth-order valence-electron chi connectivity index (χ4n) is 7.06. The van der Waals surface area contributed by atoms with E-state index in [-0.39, 0.29) is 5.84 Å². The molecular formula is C44H31N5. The lowest BCUT2D eigenvalue weighted by Gasteiger charge is -2.17. The molecule has 0 spiro atoms. The molecule has 5 heteroatoms. The zero-order valence-electron chi connectivity index (χ0n) is 26.6. The molecule has 5 nitrogen and oxygen atoms in total. The van der Waals surface area contributed by atoms with Crippen LogP contribution < -0.4 is 5.43 Å². The molecule has 2 heterocycles. The largest absolute Gasteiger partial charge is 0.309 e. The fourth-order valence-corrected chi connectivity index (χ4v) is 7.06. The Labute approximate surface area is 283 Å². The molecule has 0 bridgehead atoms. The number of fused-ring (bicyclic) bond motifs is 6. The molecule has 0 saturated heterocycles. The molecule has 2 aromatic heterocycles. The first kappa shape index (κ1) is 28.5. The van der Waals surface area contributed by atoms with Gasteiger partial charge in [-0.1, -0.05) is 152 Å². The number of aromatic nitrogens is 2. The van der Waals surface area contributed by atoms with Gasteiger partial charge in [-0.15, -0.1) is 0 Å². The average molecular weight is 630 g/mol. The van der Waals surface area contributed by atoms with Crippen LogP contribution >= 0.6 is 0 Å². The highest BCUT2D eigenvalue weighted by Gasteiger charge is 2.21. The number of hydrogen-bond donors (Lipinski definition) is 2. The molecule has 49 heavy (non-hydrogen) atoms. The monoisotopic (exact) mass is 629 g/mol. The van der Waals surface area contributed by atoms with E-state index in [9.17, 15) is 0 Å².